The molecule has 0 aliphatic carbocycles. The van der Waals surface area contributed by atoms with Crippen LogP contribution >= 0.6 is 0 Å². The lowest BCUT2D eigenvalue weighted by Crippen LogP contribution is -2.02. The Labute approximate surface area is 53.1 Å². The van der Waals surface area contributed by atoms with Crippen molar-refractivity contribution < 1.29 is 5.11 Å². The molecule has 0 radical (unpaired) electrons. The summed E-state index contributed by atoms with van der Waals surface area (Å²) in [5.74, 6) is 0.739. The van der Waals surface area contributed by atoms with E-state index in [1.807, 2.05) is 6.92 Å². The maximum Gasteiger partial charge on any atom is 0.147 e. The molecule has 4 heteroatoms. The zero-order valence-electron chi connectivity index (χ0n) is 5.28. The molecule has 1 aromatic heterocycles. The van der Waals surface area contributed by atoms with E-state index >= 15 is 0 Å². The van der Waals surface area contributed by atoms with Crippen molar-refractivity contribution in [3.63, 3.8) is 0 Å². The first-order valence-corrected chi connectivity index (χ1v) is 2.80. The largest absolute Gasteiger partial charge is 0.394 e. The second kappa shape index (κ2) is 2.59. The van der Waals surface area contributed by atoms with Crippen LogP contribution in [0.2, 0.25) is 0 Å². The van der Waals surface area contributed by atoms with E-state index in [0.717, 1.165) is 5.82 Å². The number of hydrogen-bond acceptors (Lipinski definition) is 3. The third-order valence-corrected chi connectivity index (χ3v) is 0.980. The van der Waals surface area contributed by atoms with E-state index in [9.17, 15) is 0 Å². The van der Waals surface area contributed by atoms with Crippen molar-refractivity contribution in [2.45, 2.75) is 13.5 Å². The van der Waals surface area contributed by atoms with E-state index in [-0.39, 0.29) is 6.61 Å². The maximum absolute atomic E-state index is 8.44. The van der Waals surface area contributed by atoms with Crippen LogP contribution in [0.25, 0.3) is 0 Å². The summed E-state index contributed by atoms with van der Waals surface area (Å²) in [6.07, 6.45) is 1.60. The average molecular weight is 127 g/mol. The van der Waals surface area contributed by atoms with Gasteiger partial charge in [0.1, 0.15) is 12.2 Å². The van der Waals surface area contributed by atoms with Gasteiger partial charge in [-0.05, 0) is 6.92 Å². The summed E-state index contributed by atoms with van der Waals surface area (Å²) in [4.78, 5) is 3.88. The molecule has 0 spiro atoms. The molecule has 0 aromatic carbocycles. The highest BCUT2D eigenvalue weighted by atomic mass is 16.3. The van der Waals surface area contributed by atoms with Gasteiger partial charge in [-0.15, -0.1) is 0 Å². The molecule has 0 bridgehead atoms. The molecule has 1 heterocycles. The molecule has 1 rings (SSSR count). The number of hydrogen-bond donors (Lipinski definition) is 1. The lowest BCUT2D eigenvalue weighted by Gasteiger charge is -1.91. The van der Waals surface area contributed by atoms with Crippen molar-refractivity contribution >= 4 is 0 Å². The SMILES string of the molecule is Cc1ncn(CCO)n1. The molecule has 4 nitrogen and oxygen atoms in total. The predicted octanol–water partition coefficient (Wildman–Crippen LogP) is -0.421. The summed E-state index contributed by atoms with van der Waals surface area (Å²) in [6, 6.07) is 0. The monoisotopic (exact) mass is 127 g/mol. The number of aliphatic hydroxyl groups excluding tert-OH is 1. The molecule has 9 heavy (non-hydrogen) atoms. The Morgan fingerprint density at radius 1 is 1.78 bits per heavy atom. The van der Waals surface area contributed by atoms with Crippen LogP contribution in [0, 0.1) is 6.92 Å². The minimum absolute atomic E-state index is 0.114. The molecule has 0 saturated heterocycles. The van der Waals surface area contributed by atoms with E-state index in [1.54, 1.807) is 11.0 Å². The van der Waals surface area contributed by atoms with Crippen LogP contribution in [0.1, 0.15) is 5.82 Å². The molecule has 0 aliphatic rings. The first-order chi connectivity index (χ1) is 4.33. The third kappa shape index (κ3) is 1.50. The molecule has 0 amide bonds. The van der Waals surface area contributed by atoms with Gasteiger partial charge < -0.3 is 5.11 Å². The summed E-state index contributed by atoms with van der Waals surface area (Å²) < 4.78 is 1.61. The van der Waals surface area contributed by atoms with E-state index < -0.39 is 0 Å². The highest BCUT2D eigenvalue weighted by Crippen LogP contribution is 1.84. The predicted molar refractivity (Wildman–Crippen MR) is 31.8 cm³/mol. The van der Waals surface area contributed by atoms with Crippen molar-refractivity contribution in [3.05, 3.63) is 12.2 Å². The summed E-state index contributed by atoms with van der Waals surface area (Å²) in [6.45, 7) is 2.46. The van der Waals surface area contributed by atoms with Gasteiger partial charge in [-0.2, -0.15) is 5.10 Å². The van der Waals surface area contributed by atoms with Crippen LogP contribution in [0.3, 0.4) is 0 Å². The van der Waals surface area contributed by atoms with E-state index in [2.05, 4.69) is 10.1 Å². The topological polar surface area (TPSA) is 50.9 Å². The molecule has 0 atom stereocenters. The zero-order valence-corrected chi connectivity index (χ0v) is 5.28. The number of aryl methyl sites for hydroxylation is 1. The fourth-order valence-electron chi connectivity index (χ4n) is 0.598. The van der Waals surface area contributed by atoms with Crippen molar-refractivity contribution in [2.24, 2.45) is 0 Å². The fraction of sp³-hybridized carbons (Fsp3) is 0.600. The fourth-order valence-corrected chi connectivity index (χ4v) is 0.598. The Morgan fingerprint density at radius 3 is 3.00 bits per heavy atom. The number of rotatable bonds is 2. The van der Waals surface area contributed by atoms with Crippen molar-refractivity contribution in [1.29, 1.82) is 0 Å². The molecule has 0 saturated carbocycles. The number of nitrogens with zero attached hydrogens (tertiary/aromatic N) is 3. The molecular formula is C5H9N3O. The molecule has 50 valence electrons. The lowest BCUT2D eigenvalue weighted by atomic mass is 10.7. The first-order valence-electron chi connectivity index (χ1n) is 2.80. The molecule has 1 N–H and O–H groups in total. The Balaban J connectivity index is 2.61. The van der Waals surface area contributed by atoms with Crippen LogP contribution in [0.15, 0.2) is 6.33 Å². The van der Waals surface area contributed by atoms with Crippen LogP contribution in [-0.2, 0) is 6.54 Å². The standard InChI is InChI=1S/C5H9N3O/c1-5-6-4-8(7-5)2-3-9/h4,9H,2-3H2,1H3. The Hall–Kier alpha value is -0.900. The van der Waals surface area contributed by atoms with Gasteiger partial charge in [0.25, 0.3) is 0 Å². The maximum atomic E-state index is 8.44. The second-order valence-electron chi connectivity index (χ2n) is 1.78. The van der Waals surface area contributed by atoms with E-state index in [0.29, 0.717) is 6.54 Å². The third-order valence-electron chi connectivity index (χ3n) is 0.980. The van der Waals surface area contributed by atoms with Gasteiger partial charge in [0, 0.05) is 0 Å². The zero-order chi connectivity index (χ0) is 6.69. The number of aliphatic hydroxyl groups is 1. The van der Waals surface area contributed by atoms with Crippen LogP contribution < -0.4 is 0 Å². The molecule has 1 aromatic rings. The van der Waals surface area contributed by atoms with Crippen molar-refractivity contribution in [1.82, 2.24) is 14.8 Å². The highest BCUT2D eigenvalue weighted by Gasteiger charge is 1.90. The van der Waals surface area contributed by atoms with Crippen LogP contribution in [0.4, 0.5) is 0 Å². The van der Waals surface area contributed by atoms with Gasteiger partial charge in [0.05, 0.1) is 13.2 Å². The van der Waals surface area contributed by atoms with Gasteiger partial charge >= 0.3 is 0 Å². The smallest absolute Gasteiger partial charge is 0.147 e. The van der Waals surface area contributed by atoms with E-state index in [1.165, 1.54) is 0 Å². The van der Waals surface area contributed by atoms with Gasteiger partial charge in [0.15, 0.2) is 0 Å². The van der Waals surface area contributed by atoms with Crippen molar-refractivity contribution in [2.75, 3.05) is 6.61 Å². The molecule has 0 aliphatic heterocycles. The summed E-state index contributed by atoms with van der Waals surface area (Å²) >= 11 is 0. The average Bonchev–Trinajstić information content (AvgIpc) is 2.17. The lowest BCUT2D eigenvalue weighted by molar-refractivity contribution is 0.269. The first kappa shape index (κ1) is 6.22. The van der Waals surface area contributed by atoms with E-state index in [4.69, 9.17) is 5.11 Å². The Bertz CT molecular complexity index is 184. The normalized spacial score (nSPS) is 10.0. The number of aromatic nitrogens is 3. The Morgan fingerprint density at radius 2 is 2.56 bits per heavy atom. The van der Waals surface area contributed by atoms with Gasteiger partial charge in [-0.3, -0.25) is 4.68 Å². The van der Waals surface area contributed by atoms with Gasteiger partial charge in [0.2, 0.25) is 0 Å². The molecule has 0 unspecified atom stereocenters. The minimum Gasteiger partial charge on any atom is -0.394 e. The second-order valence-corrected chi connectivity index (χ2v) is 1.78. The van der Waals surface area contributed by atoms with Crippen molar-refractivity contribution in [3.8, 4) is 0 Å². The quantitative estimate of drug-likeness (QED) is 0.587. The molecular weight excluding hydrogens is 118 g/mol. The Kier molecular flexibility index (Phi) is 1.79. The minimum atomic E-state index is 0.114. The van der Waals surface area contributed by atoms with Crippen LogP contribution in [-0.4, -0.2) is 26.5 Å². The summed E-state index contributed by atoms with van der Waals surface area (Å²) in [7, 11) is 0. The van der Waals surface area contributed by atoms with Crippen LogP contribution in [0.5, 0.6) is 0 Å². The summed E-state index contributed by atoms with van der Waals surface area (Å²) in [5, 5.41) is 12.4. The van der Waals surface area contributed by atoms with Gasteiger partial charge in [-0.1, -0.05) is 0 Å². The highest BCUT2D eigenvalue weighted by molar-refractivity contribution is 4.74. The summed E-state index contributed by atoms with van der Waals surface area (Å²) in [5.41, 5.74) is 0. The molecule has 0 fully saturated rings. The van der Waals surface area contributed by atoms with Gasteiger partial charge in [-0.25, -0.2) is 4.98 Å².